The fourth-order valence-corrected chi connectivity index (χ4v) is 5.74. The van der Waals surface area contributed by atoms with Crippen LogP contribution in [-0.4, -0.2) is 44.3 Å². The first-order valence-electron chi connectivity index (χ1n) is 12.0. The van der Waals surface area contributed by atoms with Crippen LogP contribution < -0.4 is 9.62 Å². The quantitative estimate of drug-likeness (QED) is 0.264. The summed E-state index contributed by atoms with van der Waals surface area (Å²) < 4.78 is 28.4. The molecule has 208 valence electrons. The van der Waals surface area contributed by atoms with Crippen LogP contribution in [0.5, 0.6) is 0 Å². The van der Waals surface area contributed by atoms with Gasteiger partial charge in [-0.15, -0.1) is 0 Å². The van der Waals surface area contributed by atoms with Gasteiger partial charge in [-0.3, -0.25) is 13.9 Å². The largest absolute Gasteiger partial charge is 0.354 e. The Morgan fingerprint density at radius 3 is 2.08 bits per heavy atom. The van der Waals surface area contributed by atoms with E-state index in [1.807, 2.05) is 6.92 Å². The predicted octanol–water partition coefficient (Wildman–Crippen LogP) is 6.44. The second-order valence-corrected chi connectivity index (χ2v) is 12.2. The van der Waals surface area contributed by atoms with Crippen LogP contribution in [0.3, 0.4) is 0 Å². The van der Waals surface area contributed by atoms with Crippen molar-refractivity contribution in [2.45, 2.75) is 37.8 Å². The maximum absolute atomic E-state index is 13.9. The Labute approximate surface area is 248 Å². The maximum atomic E-state index is 13.9. The number of hydrogen-bond donors (Lipinski definition) is 1. The number of carbonyl (C=O) groups excluding carboxylic acids is 2. The molecule has 0 aliphatic heterocycles. The summed E-state index contributed by atoms with van der Waals surface area (Å²) >= 11 is 24.5. The number of halogens is 4. The van der Waals surface area contributed by atoms with Crippen molar-refractivity contribution in [3.8, 4) is 0 Å². The monoisotopic (exact) mass is 629 g/mol. The third-order valence-corrected chi connectivity index (χ3v) is 9.12. The minimum atomic E-state index is -4.21. The molecule has 2 amide bonds. The van der Waals surface area contributed by atoms with Gasteiger partial charge >= 0.3 is 0 Å². The lowest BCUT2D eigenvalue weighted by molar-refractivity contribution is -0.139. The number of nitrogens with one attached hydrogen (secondary N) is 1. The van der Waals surface area contributed by atoms with E-state index in [0.29, 0.717) is 23.6 Å². The summed E-state index contributed by atoms with van der Waals surface area (Å²) in [6.07, 6.45) is 0.708. The van der Waals surface area contributed by atoms with Crippen LogP contribution in [0.25, 0.3) is 0 Å². The summed E-state index contributed by atoms with van der Waals surface area (Å²) in [7, 11) is -4.21. The SMILES string of the molecule is CCCNC(=O)[C@@H](C)N(Cc1ccc(Cl)c(Cl)c1)C(=O)CN(c1ccc(Cl)c(Cl)c1)S(=O)(=O)c1ccccc1. The van der Waals surface area contributed by atoms with E-state index >= 15 is 0 Å². The van der Waals surface area contributed by atoms with E-state index in [9.17, 15) is 18.0 Å². The zero-order chi connectivity index (χ0) is 28.7. The van der Waals surface area contributed by atoms with Gasteiger partial charge in [0.05, 0.1) is 30.7 Å². The van der Waals surface area contributed by atoms with Crippen molar-refractivity contribution in [3.05, 3.63) is 92.4 Å². The zero-order valence-electron chi connectivity index (χ0n) is 21.2. The van der Waals surface area contributed by atoms with Crippen LogP contribution in [-0.2, 0) is 26.2 Å². The summed E-state index contributed by atoms with van der Waals surface area (Å²) in [5, 5.41) is 3.76. The molecule has 12 heteroatoms. The summed E-state index contributed by atoms with van der Waals surface area (Å²) in [4.78, 5) is 28.0. The first-order valence-corrected chi connectivity index (χ1v) is 14.9. The number of amides is 2. The number of hydrogen-bond acceptors (Lipinski definition) is 4. The van der Waals surface area contributed by atoms with E-state index < -0.39 is 28.5 Å². The number of rotatable bonds is 11. The molecule has 0 fully saturated rings. The summed E-state index contributed by atoms with van der Waals surface area (Å²) in [5.41, 5.74) is 0.749. The van der Waals surface area contributed by atoms with Crippen molar-refractivity contribution < 1.29 is 18.0 Å². The number of nitrogens with zero attached hydrogens (tertiary/aromatic N) is 2. The summed E-state index contributed by atoms with van der Waals surface area (Å²) in [6, 6.07) is 15.9. The molecule has 0 aliphatic carbocycles. The molecule has 3 aromatic rings. The van der Waals surface area contributed by atoms with Crippen LogP contribution in [0.4, 0.5) is 5.69 Å². The first kappa shape index (κ1) is 31.0. The maximum Gasteiger partial charge on any atom is 0.264 e. The Bertz CT molecular complexity index is 1440. The fraction of sp³-hybridized carbons (Fsp3) is 0.259. The average Bonchev–Trinajstić information content (AvgIpc) is 2.92. The Morgan fingerprint density at radius 1 is 0.872 bits per heavy atom. The molecule has 0 aromatic heterocycles. The van der Waals surface area contributed by atoms with E-state index in [1.165, 1.54) is 35.2 Å². The van der Waals surface area contributed by atoms with Crippen LogP contribution in [0.1, 0.15) is 25.8 Å². The molecule has 1 N–H and O–H groups in total. The lowest BCUT2D eigenvalue weighted by Gasteiger charge is -2.32. The number of anilines is 1. The number of sulfonamides is 1. The van der Waals surface area contributed by atoms with Crippen LogP contribution in [0, 0.1) is 0 Å². The summed E-state index contributed by atoms with van der Waals surface area (Å²) in [6.45, 7) is 3.29. The molecule has 0 unspecified atom stereocenters. The molecule has 0 spiro atoms. The molecule has 0 radical (unpaired) electrons. The molecule has 3 aromatic carbocycles. The van der Waals surface area contributed by atoms with E-state index in [-0.39, 0.29) is 38.1 Å². The van der Waals surface area contributed by atoms with Crippen molar-refractivity contribution >= 4 is 73.9 Å². The minimum Gasteiger partial charge on any atom is -0.354 e. The highest BCUT2D eigenvalue weighted by molar-refractivity contribution is 7.92. The molecule has 3 rings (SSSR count). The Hall–Kier alpha value is -2.49. The highest BCUT2D eigenvalue weighted by Gasteiger charge is 2.32. The molecule has 0 saturated carbocycles. The van der Waals surface area contributed by atoms with Gasteiger partial charge < -0.3 is 10.2 Å². The molecule has 1 atom stereocenters. The van der Waals surface area contributed by atoms with E-state index in [1.54, 1.807) is 43.3 Å². The van der Waals surface area contributed by atoms with E-state index in [2.05, 4.69) is 5.32 Å². The van der Waals surface area contributed by atoms with Gasteiger partial charge in [-0.1, -0.05) is 77.6 Å². The average molecular weight is 631 g/mol. The number of benzene rings is 3. The van der Waals surface area contributed by atoms with Crippen molar-refractivity contribution in [3.63, 3.8) is 0 Å². The lowest BCUT2D eigenvalue weighted by Crippen LogP contribution is -2.51. The number of carbonyl (C=O) groups is 2. The molecule has 0 aliphatic rings. The smallest absolute Gasteiger partial charge is 0.264 e. The normalized spacial score (nSPS) is 12.1. The van der Waals surface area contributed by atoms with E-state index in [0.717, 1.165) is 4.31 Å². The van der Waals surface area contributed by atoms with Gasteiger partial charge in [0.2, 0.25) is 11.8 Å². The van der Waals surface area contributed by atoms with Gasteiger partial charge in [-0.25, -0.2) is 8.42 Å². The Kier molecular flexibility index (Phi) is 10.9. The van der Waals surface area contributed by atoms with Gasteiger partial charge in [-0.05, 0) is 61.4 Å². The van der Waals surface area contributed by atoms with Crippen LogP contribution >= 0.6 is 46.4 Å². The fourth-order valence-electron chi connectivity index (χ4n) is 3.70. The lowest BCUT2D eigenvalue weighted by atomic mass is 10.1. The second-order valence-electron chi connectivity index (χ2n) is 8.66. The minimum absolute atomic E-state index is 0.0168. The Morgan fingerprint density at radius 2 is 1.49 bits per heavy atom. The standard InChI is InChI=1S/C27H27Cl4N3O4S/c1-3-13-32-27(36)18(2)33(16-19-9-11-22(28)24(30)14-19)26(35)17-34(20-10-12-23(29)25(31)15-20)39(37,38)21-7-5-4-6-8-21/h4-12,14-15,18H,3,13,16-17H2,1-2H3,(H,32,36)/t18-/m1/s1. The molecule has 39 heavy (non-hydrogen) atoms. The van der Waals surface area contributed by atoms with Crippen LogP contribution in [0.15, 0.2) is 71.6 Å². The van der Waals surface area contributed by atoms with Crippen LogP contribution in [0.2, 0.25) is 20.1 Å². The van der Waals surface area contributed by atoms with Crippen molar-refractivity contribution in [2.24, 2.45) is 0 Å². The van der Waals surface area contributed by atoms with E-state index in [4.69, 9.17) is 46.4 Å². The molecular formula is C27H27Cl4N3O4S. The third-order valence-electron chi connectivity index (χ3n) is 5.85. The van der Waals surface area contributed by atoms with Gasteiger partial charge in [0.25, 0.3) is 10.0 Å². The summed E-state index contributed by atoms with van der Waals surface area (Å²) in [5.74, 6) is -0.997. The molecule has 7 nitrogen and oxygen atoms in total. The van der Waals surface area contributed by atoms with Crippen molar-refractivity contribution in [1.29, 1.82) is 0 Å². The van der Waals surface area contributed by atoms with Gasteiger partial charge in [0.1, 0.15) is 12.6 Å². The van der Waals surface area contributed by atoms with Crippen molar-refractivity contribution in [2.75, 3.05) is 17.4 Å². The molecule has 0 heterocycles. The molecule has 0 bridgehead atoms. The first-order chi connectivity index (χ1) is 18.4. The van der Waals surface area contributed by atoms with Gasteiger partial charge in [-0.2, -0.15) is 0 Å². The Balaban J connectivity index is 2.04. The highest BCUT2D eigenvalue weighted by Crippen LogP contribution is 2.31. The zero-order valence-corrected chi connectivity index (χ0v) is 25.0. The van der Waals surface area contributed by atoms with Gasteiger partial charge in [0.15, 0.2) is 0 Å². The van der Waals surface area contributed by atoms with Crippen molar-refractivity contribution in [1.82, 2.24) is 10.2 Å². The molecular weight excluding hydrogens is 604 g/mol. The predicted molar refractivity (Wildman–Crippen MR) is 157 cm³/mol. The van der Waals surface area contributed by atoms with Gasteiger partial charge in [0, 0.05) is 13.1 Å². The highest BCUT2D eigenvalue weighted by atomic mass is 35.5. The third kappa shape index (κ3) is 7.80. The molecule has 0 saturated heterocycles. The second kappa shape index (κ2) is 13.7. The topological polar surface area (TPSA) is 86.8 Å².